The van der Waals surface area contributed by atoms with Crippen LogP contribution >= 0.6 is 0 Å². The molecule has 9 N–H and O–H groups in total. The van der Waals surface area contributed by atoms with Crippen LogP contribution in [0, 0.1) is 0 Å². The van der Waals surface area contributed by atoms with Gasteiger partial charge in [0, 0.05) is 6.42 Å². The lowest BCUT2D eigenvalue weighted by Crippen LogP contribution is -2.49. The van der Waals surface area contributed by atoms with E-state index in [-0.39, 0.29) is 12.8 Å². The number of hydrogen-bond donors (Lipinski definition) is 7. The van der Waals surface area contributed by atoms with Crippen molar-refractivity contribution in [1.82, 2.24) is 0 Å². The number of primary amides is 1. The normalized spacial score (nSPS) is 17.5. The topological polar surface area (TPSA) is 223 Å². The van der Waals surface area contributed by atoms with Crippen molar-refractivity contribution in [3.63, 3.8) is 0 Å². The summed E-state index contributed by atoms with van der Waals surface area (Å²) in [5.74, 6) is -3.60. The molecule has 12 heteroatoms. The number of aliphatic hydroxyl groups is 5. The zero-order chi connectivity index (χ0) is 18.2. The van der Waals surface area contributed by atoms with Gasteiger partial charge < -0.3 is 37.0 Å². The lowest BCUT2D eigenvalue weighted by molar-refractivity contribution is -0.269. The first-order valence-corrected chi connectivity index (χ1v) is 6.41. The summed E-state index contributed by atoms with van der Waals surface area (Å²) in [6, 6.07) is -1.32. The Labute approximate surface area is 130 Å². The molecule has 12 nitrogen and oxygen atoms in total. The van der Waals surface area contributed by atoms with Crippen molar-refractivity contribution in [2.24, 2.45) is 11.5 Å². The zero-order valence-corrected chi connectivity index (χ0v) is 11.9. The molecule has 0 fully saturated rings. The Morgan fingerprint density at radius 2 is 1.48 bits per heavy atom. The number of rotatable bonds is 9. The lowest BCUT2D eigenvalue weighted by atomic mass is 10.0. The van der Waals surface area contributed by atoms with E-state index >= 15 is 0 Å². The maximum absolute atomic E-state index is 11.3. The number of nitrogens with two attached hydrogens (primary N) is 2. The second kappa shape index (κ2) is 10.0. The first kappa shape index (κ1) is 21.2. The second-order valence-corrected chi connectivity index (χ2v) is 4.59. The molecule has 1 amide bonds. The van der Waals surface area contributed by atoms with Crippen LogP contribution in [-0.4, -0.2) is 80.4 Å². The average molecular weight is 340 g/mol. The molecule has 0 aliphatic rings. The fraction of sp³-hybridized carbons (Fsp3) is 0.727. The van der Waals surface area contributed by atoms with Crippen molar-refractivity contribution in [3.05, 3.63) is 0 Å². The first-order valence-electron chi connectivity index (χ1n) is 6.41. The molecule has 0 aromatic rings. The monoisotopic (exact) mass is 340 g/mol. The Balaban J connectivity index is 4.37. The van der Waals surface area contributed by atoms with Gasteiger partial charge in [-0.05, 0) is 6.42 Å². The highest BCUT2D eigenvalue weighted by Crippen LogP contribution is 2.07. The predicted molar refractivity (Wildman–Crippen MR) is 69.7 cm³/mol. The molecule has 5 unspecified atom stereocenters. The molecule has 0 saturated carbocycles. The summed E-state index contributed by atoms with van der Waals surface area (Å²) in [6.45, 7) is -0.941. The van der Waals surface area contributed by atoms with Gasteiger partial charge in [0.1, 0.15) is 24.4 Å². The number of carbonyl (C=O) groups is 3. The van der Waals surface area contributed by atoms with E-state index in [0.29, 0.717) is 0 Å². The van der Waals surface area contributed by atoms with E-state index in [1.54, 1.807) is 0 Å². The molecule has 0 heterocycles. The lowest BCUT2D eigenvalue weighted by Gasteiger charge is -2.23. The SMILES string of the molecule is NC(=O)CCC(N)C(=O)OOC(=O)C(O)C(O)C(O)C(O)CO. The van der Waals surface area contributed by atoms with Gasteiger partial charge in [0.2, 0.25) is 5.91 Å². The predicted octanol–water partition coefficient (Wildman–Crippen LogP) is -4.98. The summed E-state index contributed by atoms with van der Waals surface area (Å²) >= 11 is 0. The summed E-state index contributed by atoms with van der Waals surface area (Å²) < 4.78 is 0. The standard InChI is InChI=1S/C11H20N2O10/c12-4(1-2-6(13)16)10(20)22-23-11(21)9(19)8(18)7(17)5(15)3-14/h4-5,7-9,14-15,17-19H,1-3,12H2,(H2,13,16). The molecule has 0 aliphatic carbocycles. The van der Waals surface area contributed by atoms with Crippen LogP contribution in [0.1, 0.15) is 12.8 Å². The molecule has 23 heavy (non-hydrogen) atoms. The van der Waals surface area contributed by atoms with Crippen molar-refractivity contribution < 1.29 is 49.7 Å². The molecule has 0 aromatic carbocycles. The maximum Gasteiger partial charge on any atom is 0.386 e. The van der Waals surface area contributed by atoms with Gasteiger partial charge in [0.25, 0.3) is 0 Å². The smallest absolute Gasteiger partial charge is 0.386 e. The first-order chi connectivity index (χ1) is 10.6. The van der Waals surface area contributed by atoms with Gasteiger partial charge in [-0.25, -0.2) is 19.4 Å². The maximum atomic E-state index is 11.3. The minimum absolute atomic E-state index is 0.168. The van der Waals surface area contributed by atoms with Gasteiger partial charge in [-0.15, -0.1) is 0 Å². The average Bonchev–Trinajstić information content (AvgIpc) is 2.53. The third kappa shape index (κ3) is 7.32. The molecule has 0 aliphatic heterocycles. The fourth-order valence-electron chi connectivity index (χ4n) is 1.27. The Hall–Kier alpha value is -1.83. The number of amides is 1. The molecule has 0 bridgehead atoms. The number of hydrogen-bond acceptors (Lipinski definition) is 11. The van der Waals surface area contributed by atoms with Crippen molar-refractivity contribution in [2.45, 2.75) is 43.3 Å². The van der Waals surface area contributed by atoms with Crippen molar-refractivity contribution in [1.29, 1.82) is 0 Å². The number of carbonyl (C=O) groups excluding carboxylic acids is 3. The van der Waals surface area contributed by atoms with Crippen LogP contribution in [0.15, 0.2) is 0 Å². The third-order valence-corrected chi connectivity index (χ3v) is 2.71. The van der Waals surface area contributed by atoms with E-state index in [9.17, 15) is 29.7 Å². The van der Waals surface area contributed by atoms with E-state index < -0.39 is 54.9 Å². The van der Waals surface area contributed by atoms with Gasteiger partial charge in [0.15, 0.2) is 6.10 Å². The van der Waals surface area contributed by atoms with E-state index in [1.807, 2.05) is 0 Å². The summed E-state index contributed by atoms with van der Waals surface area (Å²) in [5.41, 5.74) is 10.2. The van der Waals surface area contributed by atoms with Gasteiger partial charge in [-0.1, -0.05) is 0 Å². The summed E-state index contributed by atoms with van der Waals surface area (Å²) in [4.78, 5) is 41.1. The van der Waals surface area contributed by atoms with Crippen LogP contribution in [0.5, 0.6) is 0 Å². The van der Waals surface area contributed by atoms with E-state index in [1.165, 1.54) is 0 Å². The van der Waals surface area contributed by atoms with Gasteiger partial charge in [-0.2, -0.15) is 0 Å². The van der Waals surface area contributed by atoms with Crippen LogP contribution in [-0.2, 0) is 24.2 Å². The van der Waals surface area contributed by atoms with Crippen LogP contribution in [0.4, 0.5) is 0 Å². The third-order valence-electron chi connectivity index (χ3n) is 2.71. The molecule has 0 rings (SSSR count). The minimum atomic E-state index is -2.37. The molecule has 134 valence electrons. The van der Waals surface area contributed by atoms with Crippen LogP contribution in [0.3, 0.4) is 0 Å². The Kier molecular flexibility index (Phi) is 9.24. The van der Waals surface area contributed by atoms with E-state index in [4.69, 9.17) is 21.7 Å². The Bertz CT molecular complexity index is 418. The second-order valence-electron chi connectivity index (χ2n) is 4.59. The molecule has 0 saturated heterocycles. The molecular formula is C11H20N2O10. The van der Waals surface area contributed by atoms with Gasteiger partial charge in [-0.3, -0.25) is 4.79 Å². The summed E-state index contributed by atoms with van der Waals surface area (Å²) in [6.07, 6.45) is -8.85. The van der Waals surface area contributed by atoms with Crippen molar-refractivity contribution >= 4 is 17.8 Å². The highest BCUT2D eigenvalue weighted by molar-refractivity contribution is 5.79. The quantitative estimate of drug-likeness (QED) is 0.155. The van der Waals surface area contributed by atoms with Gasteiger partial charge >= 0.3 is 11.9 Å². The zero-order valence-electron chi connectivity index (χ0n) is 11.9. The number of aliphatic hydroxyl groups excluding tert-OH is 5. The molecule has 0 spiro atoms. The molecular weight excluding hydrogens is 320 g/mol. The molecule has 0 aromatic heterocycles. The fourth-order valence-corrected chi connectivity index (χ4v) is 1.27. The Morgan fingerprint density at radius 3 is 1.96 bits per heavy atom. The Morgan fingerprint density at radius 1 is 0.957 bits per heavy atom. The largest absolute Gasteiger partial charge is 0.394 e. The summed E-state index contributed by atoms with van der Waals surface area (Å²) in [7, 11) is 0. The summed E-state index contributed by atoms with van der Waals surface area (Å²) in [5, 5.41) is 45.7. The van der Waals surface area contributed by atoms with Crippen LogP contribution in [0.25, 0.3) is 0 Å². The molecule has 0 radical (unpaired) electrons. The highest BCUT2D eigenvalue weighted by Gasteiger charge is 2.36. The molecule has 5 atom stereocenters. The van der Waals surface area contributed by atoms with E-state index in [0.717, 1.165) is 0 Å². The highest BCUT2D eigenvalue weighted by atomic mass is 17.2. The van der Waals surface area contributed by atoms with Crippen LogP contribution < -0.4 is 11.5 Å². The van der Waals surface area contributed by atoms with Crippen molar-refractivity contribution in [3.8, 4) is 0 Å². The van der Waals surface area contributed by atoms with Crippen molar-refractivity contribution in [2.75, 3.05) is 6.61 Å². The van der Waals surface area contributed by atoms with Crippen LogP contribution in [0.2, 0.25) is 0 Å². The van der Waals surface area contributed by atoms with E-state index in [2.05, 4.69) is 9.78 Å². The minimum Gasteiger partial charge on any atom is -0.394 e. The van der Waals surface area contributed by atoms with Gasteiger partial charge in [0.05, 0.1) is 6.61 Å².